The lowest BCUT2D eigenvalue weighted by atomic mass is 9.99. The minimum absolute atomic E-state index is 0.0487. The molecule has 1 atom stereocenters. The number of nitrogens with one attached hydrogen (secondary N) is 1. The van der Waals surface area contributed by atoms with Crippen LogP contribution in [0.4, 0.5) is 4.39 Å². The van der Waals surface area contributed by atoms with Gasteiger partial charge in [-0.1, -0.05) is 25.1 Å². The molecule has 1 heterocycles. The Bertz CT molecular complexity index is 492. The van der Waals surface area contributed by atoms with Crippen molar-refractivity contribution in [2.24, 2.45) is 0 Å². The summed E-state index contributed by atoms with van der Waals surface area (Å²) in [4.78, 5) is 1.24. The van der Waals surface area contributed by atoms with Gasteiger partial charge in [0.05, 0.1) is 6.04 Å². The lowest BCUT2D eigenvalue weighted by Gasteiger charge is -2.19. The van der Waals surface area contributed by atoms with Gasteiger partial charge in [-0.2, -0.15) is 0 Å². The van der Waals surface area contributed by atoms with E-state index < -0.39 is 0 Å². The van der Waals surface area contributed by atoms with Crippen molar-refractivity contribution in [3.63, 3.8) is 0 Å². The van der Waals surface area contributed by atoms with Gasteiger partial charge in [-0.15, -0.1) is 11.3 Å². The predicted molar refractivity (Wildman–Crippen MR) is 71.0 cm³/mol. The largest absolute Gasteiger partial charge is 0.306 e. The third kappa shape index (κ3) is 2.56. The van der Waals surface area contributed by atoms with Crippen molar-refractivity contribution >= 4 is 11.3 Å². The second kappa shape index (κ2) is 5.43. The van der Waals surface area contributed by atoms with Crippen molar-refractivity contribution in [1.29, 1.82) is 0 Å². The Morgan fingerprint density at radius 2 is 2.00 bits per heavy atom. The van der Waals surface area contributed by atoms with E-state index in [0.29, 0.717) is 0 Å². The molecule has 1 aromatic carbocycles. The van der Waals surface area contributed by atoms with E-state index in [1.165, 1.54) is 16.5 Å². The lowest BCUT2D eigenvalue weighted by molar-refractivity contribution is 0.559. The number of aryl methyl sites for hydroxylation is 1. The Hall–Kier alpha value is -1.19. The average Bonchev–Trinajstić information content (AvgIpc) is 2.74. The maximum Gasteiger partial charge on any atom is 0.128 e. The summed E-state index contributed by atoms with van der Waals surface area (Å²) in [6.07, 6.45) is 0. The van der Waals surface area contributed by atoms with E-state index in [1.54, 1.807) is 17.4 Å². The molecule has 2 aromatic rings. The van der Waals surface area contributed by atoms with Gasteiger partial charge in [-0.3, -0.25) is 0 Å². The molecule has 0 saturated carbocycles. The Kier molecular flexibility index (Phi) is 3.92. The topological polar surface area (TPSA) is 12.0 Å². The fraction of sp³-hybridized carbons (Fsp3) is 0.286. The molecule has 0 radical (unpaired) electrons. The molecule has 0 aliphatic rings. The molecule has 0 fully saturated rings. The molecule has 17 heavy (non-hydrogen) atoms. The zero-order valence-corrected chi connectivity index (χ0v) is 10.9. The van der Waals surface area contributed by atoms with Gasteiger partial charge < -0.3 is 5.32 Å². The van der Waals surface area contributed by atoms with Gasteiger partial charge in [-0.25, -0.2) is 4.39 Å². The quantitative estimate of drug-likeness (QED) is 0.866. The number of benzene rings is 1. The van der Waals surface area contributed by atoms with E-state index in [-0.39, 0.29) is 11.9 Å². The standard InChI is InChI=1S/C14H16FNS/c1-3-16-14(11-8-9-17-10(11)2)12-6-4-5-7-13(12)15/h4-9,14,16H,3H2,1-2H3. The molecule has 0 bridgehead atoms. The first-order chi connectivity index (χ1) is 8.24. The van der Waals surface area contributed by atoms with Crippen LogP contribution < -0.4 is 5.32 Å². The van der Waals surface area contributed by atoms with Crippen LogP contribution in [0, 0.1) is 12.7 Å². The highest BCUT2D eigenvalue weighted by atomic mass is 32.1. The van der Waals surface area contributed by atoms with Crippen molar-refractivity contribution in [3.05, 3.63) is 57.5 Å². The molecule has 0 spiro atoms. The normalized spacial score (nSPS) is 12.6. The Balaban J connectivity index is 2.43. The van der Waals surface area contributed by atoms with E-state index in [2.05, 4.69) is 23.7 Å². The molecule has 2 rings (SSSR count). The smallest absolute Gasteiger partial charge is 0.128 e. The SMILES string of the molecule is CCNC(c1ccccc1F)c1ccsc1C. The molecule has 0 saturated heterocycles. The highest BCUT2D eigenvalue weighted by molar-refractivity contribution is 7.10. The molecular weight excluding hydrogens is 233 g/mol. The van der Waals surface area contributed by atoms with Gasteiger partial charge in [0.2, 0.25) is 0 Å². The predicted octanol–water partition coefficient (Wildman–Crippen LogP) is 3.89. The highest BCUT2D eigenvalue weighted by Crippen LogP contribution is 2.29. The van der Waals surface area contributed by atoms with Gasteiger partial charge in [0.1, 0.15) is 5.82 Å². The molecule has 1 aromatic heterocycles. The van der Waals surface area contributed by atoms with Crippen LogP contribution in [0.3, 0.4) is 0 Å². The van der Waals surface area contributed by atoms with Crippen LogP contribution in [-0.4, -0.2) is 6.54 Å². The zero-order chi connectivity index (χ0) is 12.3. The third-order valence-electron chi connectivity index (χ3n) is 2.83. The third-order valence-corrected chi connectivity index (χ3v) is 3.70. The number of halogens is 1. The molecule has 1 unspecified atom stereocenters. The maximum absolute atomic E-state index is 13.9. The van der Waals surface area contributed by atoms with Gasteiger partial charge in [0.25, 0.3) is 0 Å². The van der Waals surface area contributed by atoms with Gasteiger partial charge in [0, 0.05) is 10.4 Å². The number of thiophene rings is 1. The van der Waals surface area contributed by atoms with Crippen LogP contribution in [-0.2, 0) is 0 Å². The first-order valence-corrected chi connectivity index (χ1v) is 6.63. The zero-order valence-electron chi connectivity index (χ0n) is 10.0. The van der Waals surface area contributed by atoms with E-state index in [4.69, 9.17) is 0 Å². The Morgan fingerprint density at radius 1 is 1.24 bits per heavy atom. The molecule has 1 N–H and O–H groups in total. The van der Waals surface area contributed by atoms with Gasteiger partial charge >= 0.3 is 0 Å². The summed E-state index contributed by atoms with van der Waals surface area (Å²) in [7, 11) is 0. The molecule has 0 amide bonds. The first-order valence-electron chi connectivity index (χ1n) is 5.75. The van der Waals surface area contributed by atoms with Crippen molar-refractivity contribution in [2.75, 3.05) is 6.54 Å². The van der Waals surface area contributed by atoms with Crippen molar-refractivity contribution in [3.8, 4) is 0 Å². The van der Waals surface area contributed by atoms with Crippen molar-refractivity contribution in [2.45, 2.75) is 19.9 Å². The van der Waals surface area contributed by atoms with Crippen LogP contribution in [0.15, 0.2) is 35.7 Å². The number of rotatable bonds is 4. The monoisotopic (exact) mass is 249 g/mol. The van der Waals surface area contributed by atoms with E-state index >= 15 is 0 Å². The number of hydrogen-bond acceptors (Lipinski definition) is 2. The van der Waals surface area contributed by atoms with Gasteiger partial charge in [-0.05, 0) is 36.5 Å². The van der Waals surface area contributed by atoms with Crippen LogP contribution >= 0.6 is 11.3 Å². The highest BCUT2D eigenvalue weighted by Gasteiger charge is 2.18. The molecule has 0 aliphatic heterocycles. The summed E-state index contributed by atoms with van der Waals surface area (Å²) in [6, 6.07) is 8.99. The summed E-state index contributed by atoms with van der Waals surface area (Å²) in [5.41, 5.74) is 1.89. The first kappa shape index (κ1) is 12.3. The molecule has 3 heteroatoms. The summed E-state index contributed by atoms with van der Waals surface area (Å²) < 4.78 is 13.9. The maximum atomic E-state index is 13.9. The Labute approximate surface area is 105 Å². The van der Waals surface area contributed by atoms with E-state index in [1.807, 2.05) is 19.1 Å². The summed E-state index contributed by atoms with van der Waals surface area (Å²) >= 11 is 1.70. The van der Waals surface area contributed by atoms with E-state index in [0.717, 1.165) is 12.1 Å². The second-order valence-electron chi connectivity index (χ2n) is 3.94. The van der Waals surface area contributed by atoms with Crippen LogP contribution in [0.1, 0.15) is 29.0 Å². The average molecular weight is 249 g/mol. The molecular formula is C14H16FNS. The minimum Gasteiger partial charge on any atom is -0.306 e. The van der Waals surface area contributed by atoms with E-state index in [9.17, 15) is 4.39 Å². The van der Waals surface area contributed by atoms with Gasteiger partial charge in [0.15, 0.2) is 0 Å². The second-order valence-corrected chi connectivity index (χ2v) is 5.06. The fourth-order valence-corrected chi connectivity index (χ4v) is 2.74. The Morgan fingerprint density at radius 3 is 2.59 bits per heavy atom. The summed E-state index contributed by atoms with van der Waals surface area (Å²) in [6.45, 7) is 4.93. The summed E-state index contributed by atoms with van der Waals surface area (Å²) in [5, 5.41) is 5.40. The van der Waals surface area contributed by atoms with Crippen LogP contribution in [0.5, 0.6) is 0 Å². The molecule has 1 nitrogen and oxygen atoms in total. The van der Waals surface area contributed by atoms with Crippen molar-refractivity contribution < 1.29 is 4.39 Å². The van der Waals surface area contributed by atoms with Crippen LogP contribution in [0.2, 0.25) is 0 Å². The number of hydrogen-bond donors (Lipinski definition) is 1. The molecule has 90 valence electrons. The van der Waals surface area contributed by atoms with Crippen LogP contribution in [0.25, 0.3) is 0 Å². The summed E-state index contributed by atoms with van der Waals surface area (Å²) in [5.74, 6) is -0.149. The fourth-order valence-electron chi connectivity index (χ4n) is 2.00. The molecule has 0 aliphatic carbocycles. The minimum atomic E-state index is -0.149. The lowest BCUT2D eigenvalue weighted by Crippen LogP contribution is -2.23. The van der Waals surface area contributed by atoms with Crippen molar-refractivity contribution in [1.82, 2.24) is 5.32 Å².